The molecule has 0 saturated heterocycles. The summed E-state index contributed by atoms with van der Waals surface area (Å²) in [6, 6.07) is 16.7. The lowest BCUT2D eigenvalue weighted by molar-refractivity contribution is -0.194. The minimum Gasteiger partial charge on any atom is -0.448 e. The number of fused-ring (bicyclic) bond motifs is 1. The Labute approximate surface area is 86.3 Å². The van der Waals surface area contributed by atoms with Crippen LogP contribution in [0.3, 0.4) is 0 Å². The number of hydrogen-bond acceptors (Lipinski definition) is 3. The van der Waals surface area contributed by atoms with E-state index in [0.29, 0.717) is 0 Å². The molecule has 0 heterocycles. The fourth-order valence-corrected chi connectivity index (χ4v) is 1.13. The Morgan fingerprint density at radius 1 is 0.933 bits per heavy atom. The quantitative estimate of drug-likeness (QED) is 0.513. The number of rotatable bonds is 0. The normalized spacial score (nSPS) is 8.87. The van der Waals surface area contributed by atoms with Crippen LogP contribution in [-0.4, -0.2) is 16.5 Å². The molecule has 0 saturated carbocycles. The summed E-state index contributed by atoms with van der Waals surface area (Å²) >= 11 is 0. The summed E-state index contributed by atoms with van der Waals surface area (Å²) in [6.45, 7) is 0. The maximum Gasteiger partial charge on any atom is 0.537 e. The van der Waals surface area contributed by atoms with Crippen LogP contribution in [0.2, 0.25) is 0 Å². The zero-order valence-corrected chi connectivity index (χ0v) is 7.83. The summed E-state index contributed by atoms with van der Waals surface area (Å²) in [5.41, 5.74) is 0. The summed E-state index contributed by atoms with van der Waals surface area (Å²) in [5, 5.41) is 16.9. The first-order chi connectivity index (χ1) is 7.24. The fourth-order valence-electron chi connectivity index (χ4n) is 1.13. The molecule has 0 fully saturated rings. The highest BCUT2D eigenvalue weighted by Gasteiger charge is 1.85. The average molecular weight is 206 g/mol. The van der Waals surface area contributed by atoms with E-state index in [9.17, 15) is 0 Å². The van der Waals surface area contributed by atoms with Gasteiger partial charge in [-0.25, -0.2) is 4.79 Å². The first kappa shape index (κ1) is 11.0. The molecule has 4 nitrogen and oxygen atoms in total. The number of hydrogen-bond donors (Lipinski definition) is 2. The van der Waals surface area contributed by atoms with Crippen LogP contribution in [0, 0.1) is 0 Å². The third kappa shape index (κ3) is 3.66. The third-order valence-corrected chi connectivity index (χ3v) is 1.74. The van der Waals surface area contributed by atoms with Crippen molar-refractivity contribution in [2.75, 3.05) is 0 Å². The highest BCUT2D eigenvalue weighted by molar-refractivity contribution is 5.81. The molecule has 0 radical (unpaired) electrons. The predicted molar refractivity (Wildman–Crippen MR) is 55.7 cm³/mol. The lowest BCUT2D eigenvalue weighted by atomic mass is 10.1. The van der Waals surface area contributed by atoms with Gasteiger partial charge >= 0.3 is 6.16 Å². The molecule has 0 aliphatic carbocycles. The number of carbonyl (C=O) groups is 1. The lowest BCUT2D eigenvalue weighted by Gasteiger charge is -1.92. The van der Waals surface area contributed by atoms with Crippen LogP contribution in [0.25, 0.3) is 10.8 Å². The van der Waals surface area contributed by atoms with Gasteiger partial charge in [0.2, 0.25) is 0 Å². The molecule has 0 atom stereocenters. The largest absolute Gasteiger partial charge is 0.537 e. The minimum atomic E-state index is -1.69. The molecular weight excluding hydrogens is 196 g/mol. The number of carboxylic acid groups (broad SMARTS) is 1. The van der Waals surface area contributed by atoms with Gasteiger partial charge in [0.1, 0.15) is 0 Å². The summed E-state index contributed by atoms with van der Waals surface area (Å²) in [5.74, 6) is 0. The van der Waals surface area contributed by atoms with Gasteiger partial charge in [-0.15, -0.1) is 0 Å². The van der Waals surface area contributed by atoms with E-state index >= 15 is 0 Å². The van der Waals surface area contributed by atoms with E-state index in [-0.39, 0.29) is 0 Å². The Morgan fingerprint density at radius 3 is 1.40 bits per heavy atom. The highest BCUT2D eigenvalue weighted by atomic mass is 17.1. The van der Waals surface area contributed by atoms with Crippen molar-refractivity contribution in [3.63, 3.8) is 0 Å². The molecule has 2 aromatic carbocycles. The standard InChI is InChI=1S/C10H8.CH2O4/c1-2-6-10-8-4-3-7-9(10)5-1;2-1(3)5-4/h1-8H;4H,(H,2,3). The van der Waals surface area contributed by atoms with E-state index in [4.69, 9.17) is 15.2 Å². The molecule has 0 spiro atoms. The van der Waals surface area contributed by atoms with E-state index in [2.05, 4.69) is 53.4 Å². The van der Waals surface area contributed by atoms with Crippen LogP contribution in [0.1, 0.15) is 0 Å². The van der Waals surface area contributed by atoms with Crippen LogP contribution in [0.4, 0.5) is 4.79 Å². The first-order valence-corrected chi connectivity index (χ1v) is 4.22. The van der Waals surface area contributed by atoms with Crippen molar-refractivity contribution in [2.24, 2.45) is 0 Å². The van der Waals surface area contributed by atoms with E-state index in [1.54, 1.807) is 0 Å². The maximum atomic E-state index is 8.90. The van der Waals surface area contributed by atoms with Crippen molar-refractivity contribution in [1.82, 2.24) is 0 Å². The smallest absolute Gasteiger partial charge is 0.448 e. The Bertz CT molecular complexity index is 374. The molecule has 0 aliphatic heterocycles. The van der Waals surface area contributed by atoms with Crippen molar-refractivity contribution in [1.29, 1.82) is 0 Å². The molecule has 78 valence electrons. The van der Waals surface area contributed by atoms with E-state index < -0.39 is 6.16 Å². The van der Waals surface area contributed by atoms with Crippen molar-refractivity contribution in [3.05, 3.63) is 48.5 Å². The van der Waals surface area contributed by atoms with Gasteiger partial charge in [0.05, 0.1) is 0 Å². The van der Waals surface area contributed by atoms with E-state index in [1.807, 2.05) is 0 Å². The summed E-state index contributed by atoms with van der Waals surface area (Å²) in [7, 11) is 0. The second kappa shape index (κ2) is 5.62. The molecule has 4 heteroatoms. The molecule has 0 unspecified atom stereocenters. The van der Waals surface area contributed by atoms with Crippen molar-refractivity contribution in [2.45, 2.75) is 0 Å². The molecule has 0 aromatic heterocycles. The van der Waals surface area contributed by atoms with Gasteiger partial charge in [0.15, 0.2) is 0 Å². The third-order valence-electron chi connectivity index (χ3n) is 1.74. The van der Waals surface area contributed by atoms with Crippen LogP contribution < -0.4 is 0 Å². The van der Waals surface area contributed by atoms with Crippen LogP contribution in [0.15, 0.2) is 48.5 Å². The molecule has 0 amide bonds. The highest BCUT2D eigenvalue weighted by Crippen LogP contribution is 2.11. The van der Waals surface area contributed by atoms with Gasteiger partial charge in [-0.1, -0.05) is 48.5 Å². The topological polar surface area (TPSA) is 66.8 Å². The molecule has 2 aromatic rings. The monoisotopic (exact) mass is 206 g/mol. The molecule has 2 N–H and O–H groups in total. The fraction of sp³-hybridized carbons (Fsp3) is 0. The van der Waals surface area contributed by atoms with Gasteiger partial charge in [-0.05, 0) is 10.8 Å². The van der Waals surface area contributed by atoms with Crippen molar-refractivity contribution >= 4 is 16.9 Å². The Kier molecular flexibility index (Phi) is 4.12. The summed E-state index contributed by atoms with van der Waals surface area (Å²) in [6.07, 6.45) is -1.69. The second-order valence-electron chi connectivity index (χ2n) is 2.70. The van der Waals surface area contributed by atoms with Gasteiger partial charge < -0.3 is 5.11 Å². The zero-order chi connectivity index (χ0) is 11.1. The van der Waals surface area contributed by atoms with Gasteiger partial charge in [0.25, 0.3) is 0 Å². The minimum absolute atomic E-state index is 1.31. The Balaban J connectivity index is 0.000000195. The van der Waals surface area contributed by atoms with Gasteiger partial charge in [-0.2, -0.15) is 5.26 Å². The molecule has 15 heavy (non-hydrogen) atoms. The molecule has 2 rings (SSSR count). The number of benzene rings is 2. The second-order valence-corrected chi connectivity index (χ2v) is 2.70. The van der Waals surface area contributed by atoms with E-state index in [1.165, 1.54) is 10.8 Å². The van der Waals surface area contributed by atoms with Crippen LogP contribution in [0.5, 0.6) is 0 Å². The summed E-state index contributed by atoms with van der Waals surface area (Å²) < 4.78 is 0. The zero-order valence-electron chi connectivity index (χ0n) is 7.83. The Hall–Kier alpha value is -2.07. The van der Waals surface area contributed by atoms with E-state index in [0.717, 1.165) is 0 Å². The summed E-state index contributed by atoms with van der Waals surface area (Å²) in [4.78, 5) is 11.6. The molecule has 0 aliphatic rings. The lowest BCUT2D eigenvalue weighted by Crippen LogP contribution is -1.91. The van der Waals surface area contributed by atoms with Crippen molar-refractivity contribution in [3.8, 4) is 0 Å². The Morgan fingerprint density at radius 2 is 1.20 bits per heavy atom. The van der Waals surface area contributed by atoms with Gasteiger partial charge in [0, 0.05) is 0 Å². The molecular formula is C11H10O4. The van der Waals surface area contributed by atoms with Crippen molar-refractivity contribution < 1.29 is 20.0 Å². The van der Waals surface area contributed by atoms with Crippen LogP contribution in [-0.2, 0) is 4.89 Å². The maximum absolute atomic E-state index is 8.90. The molecule has 0 bridgehead atoms. The predicted octanol–water partition coefficient (Wildman–Crippen LogP) is 2.99. The van der Waals surface area contributed by atoms with Gasteiger partial charge in [-0.3, -0.25) is 4.89 Å². The average Bonchev–Trinajstić information content (AvgIpc) is 2.30. The van der Waals surface area contributed by atoms with Crippen LogP contribution >= 0.6 is 0 Å². The SMILES string of the molecule is O=C(O)OO.c1ccc2ccccc2c1. The first-order valence-electron chi connectivity index (χ1n) is 4.22.